The maximum absolute atomic E-state index is 2.46. The maximum Gasteiger partial charge on any atom is 0.0553 e. The van der Waals surface area contributed by atoms with Gasteiger partial charge in [-0.05, 0) is 164 Å². The minimum absolute atomic E-state index is 0.249. The molecule has 13 rings (SSSR count). The Bertz CT molecular complexity index is 3740. The number of anilines is 6. The topological polar surface area (TPSA) is 11.4 Å². The smallest absolute Gasteiger partial charge is 0.0553 e. The molecule has 0 unspecified atom stereocenters. The van der Waals surface area contributed by atoms with Crippen LogP contribution in [0.4, 0.5) is 34.1 Å². The summed E-state index contributed by atoms with van der Waals surface area (Å²) in [6.07, 6.45) is 0. The molecule has 0 radical (unpaired) electrons. The predicted molar refractivity (Wildman–Crippen MR) is 287 cm³/mol. The molecule has 3 nitrogen and oxygen atoms in total. The highest BCUT2D eigenvalue weighted by molar-refractivity contribution is 6.25. The fourth-order valence-electron chi connectivity index (χ4n) is 11.0. The molecule has 1 aliphatic rings. The van der Waals surface area contributed by atoms with E-state index in [1.54, 1.807) is 0 Å². The molecule has 11 aromatic carbocycles. The van der Waals surface area contributed by atoms with Crippen LogP contribution in [-0.2, 0) is 5.41 Å². The lowest BCUT2D eigenvalue weighted by Crippen LogP contribution is -2.17. The van der Waals surface area contributed by atoms with Crippen molar-refractivity contribution in [2.45, 2.75) is 19.3 Å². The molecule has 1 aromatic heterocycles. The van der Waals surface area contributed by atoms with Crippen molar-refractivity contribution in [3.05, 3.63) is 260 Å². The fourth-order valence-corrected chi connectivity index (χ4v) is 11.0. The Morgan fingerprint density at radius 3 is 1.43 bits per heavy atom. The first-order valence-corrected chi connectivity index (χ1v) is 23.6. The van der Waals surface area contributed by atoms with Crippen molar-refractivity contribution in [2.75, 3.05) is 9.80 Å². The molecule has 0 spiro atoms. The van der Waals surface area contributed by atoms with Crippen LogP contribution in [0.15, 0.2) is 249 Å². The van der Waals surface area contributed by atoms with Gasteiger partial charge in [0.1, 0.15) is 0 Å². The van der Waals surface area contributed by atoms with Crippen LogP contribution in [0.5, 0.6) is 0 Å². The average molecular weight is 870 g/mol. The molecule has 68 heavy (non-hydrogen) atoms. The molecule has 322 valence electrons. The first kappa shape index (κ1) is 39.7. The van der Waals surface area contributed by atoms with Crippen molar-refractivity contribution >= 4 is 66.7 Å². The van der Waals surface area contributed by atoms with Gasteiger partial charge < -0.3 is 14.4 Å². The van der Waals surface area contributed by atoms with Crippen LogP contribution < -0.4 is 9.80 Å². The molecule has 0 fully saturated rings. The average Bonchev–Trinajstić information content (AvgIpc) is 3.86. The summed E-state index contributed by atoms with van der Waals surface area (Å²) in [6, 6.07) is 90.9. The van der Waals surface area contributed by atoms with Gasteiger partial charge in [0.15, 0.2) is 0 Å². The summed E-state index contributed by atoms with van der Waals surface area (Å²) in [5.74, 6) is 0. The Kier molecular flexibility index (Phi) is 9.19. The molecule has 0 amide bonds. The van der Waals surface area contributed by atoms with E-state index in [1.165, 1.54) is 82.8 Å². The third-order valence-corrected chi connectivity index (χ3v) is 14.3. The largest absolute Gasteiger partial charge is 0.311 e. The molecule has 0 atom stereocenters. The maximum atomic E-state index is 2.46. The molecule has 0 N–H and O–H groups in total. The number of hydrogen-bond acceptors (Lipinski definition) is 2. The Morgan fingerprint density at radius 1 is 0.309 bits per heavy atom. The van der Waals surface area contributed by atoms with E-state index in [0.717, 1.165) is 34.1 Å². The zero-order valence-electron chi connectivity index (χ0n) is 38.0. The van der Waals surface area contributed by atoms with E-state index in [2.05, 4.69) is 277 Å². The van der Waals surface area contributed by atoms with Crippen LogP contribution in [0.1, 0.15) is 25.0 Å². The van der Waals surface area contributed by atoms with E-state index < -0.39 is 0 Å². The molecule has 0 saturated carbocycles. The lowest BCUT2D eigenvalue weighted by Gasteiger charge is -2.29. The van der Waals surface area contributed by atoms with Crippen molar-refractivity contribution < 1.29 is 0 Å². The predicted octanol–water partition coefficient (Wildman–Crippen LogP) is 18.0. The van der Waals surface area contributed by atoms with Crippen molar-refractivity contribution in [1.82, 2.24) is 4.57 Å². The van der Waals surface area contributed by atoms with Gasteiger partial charge in [-0.2, -0.15) is 0 Å². The number of para-hydroxylation sites is 3. The third kappa shape index (κ3) is 6.42. The summed E-state index contributed by atoms with van der Waals surface area (Å²) >= 11 is 0. The molecule has 1 aliphatic carbocycles. The Balaban J connectivity index is 0.906. The number of fused-ring (bicyclic) bond motifs is 3. The van der Waals surface area contributed by atoms with Crippen molar-refractivity contribution in [1.29, 1.82) is 0 Å². The lowest BCUT2D eigenvalue weighted by molar-refractivity contribution is 0.660. The zero-order chi connectivity index (χ0) is 45.3. The second kappa shape index (κ2) is 15.8. The highest BCUT2D eigenvalue weighted by Crippen LogP contribution is 2.52. The SMILES string of the molecule is CC1(C)c2cc(-c3cc4ccc5cccc6c5c4c(c3)n6-c3ccccc3)ccc2-c2ccc(N(c3ccc(-c4ccccc4)cc3)c3ccc(N(c4ccccc4)c4ccccc4)cc3)cc21. The minimum atomic E-state index is -0.249. The molecular formula is C65H47N3. The van der Waals surface area contributed by atoms with Crippen LogP contribution in [0.3, 0.4) is 0 Å². The summed E-state index contributed by atoms with van der Waals surface area (Å²) in [6.45, 7) is 4.79. The molecule has 12 aromatic rings. The highest BCUT2D eigenvalue weighted by Gasteiger charge is 2.36. The van der Waals surface area contributed by atoms with E-state index >= 15 is 0 Å². The van der Waals surface area contributed by atoms with Crippen LogP contribution in [0.25, 0.3) is 71.6 Å². The van der Waals surface area contributed by atoms with Gasteiger partial charge in [-0.25, -0.2) is 0 Å². The molecule has 0 saturated heterocycles. The molecular weight excluding hydrogens is 823 g/mol. The van der Waals surface area contributed by atoms with Crippen molar-refractivity contribution in [3.63, 3.8) is 0 Å². The lowest BCUT2D eigenvalue weighted by atomic mass is 9.81. The van der Waals surface area contributed by atoms with Crippen LogP contribution in [0.2, 0.25) is 0 Å². The van der Waals surface area contributed by atoms with Gasteiger partial charge in [0.05, 0.1) is 11.0 Å². The van der Waals surface area contributed by atoms with Gasteiger partial charge in [0, 0.05) is 56.0 Å². The number of hydrogen-bond donors (Lipinski definition) is 0. The Morgan fingerprint density at radius 2 is 0.779 bits per heavy atom. The van der Waals surface area contributed by atoms with E-state index in [4.69, 9.17) is 0 Å². The van der Waals surface area contributed by atoms with E-state index in [-0.39, 0.29) is 5.41 Å². The molecule has 3 heteroatoms. The van der Waals surface area contributed by atoms with Gasteiger partial charge in [0.25, 0.3) is 0 Å². The number of benzene rings is 11. The van der Waals surface area contributed by atoms with Crippen LogP contribution in [0, 0.1) is 0 Å². The number of nitrogens with zero attached hydrogens (tertiary/aromatic N) is 3. The Labute approximate surface area is 397 Å². The van der Waals surface area contributed by atoms with Gasteiger partial charge in [0.2, 0.25) is 0 Å². The van der Waals surface area contributed by atoms with Crippen molar-refractivity contribution in [2.24, 2.45) is 0 Å². The van der Waals surface area contributed by atoms with E-state index in [1.807, 2.05) is 0 Å². The van der Waals surface area contributed by atoms with Gasteiger partial charge >= 0.3 is 0 Å². The summed E-state index contributed by atoms with van der Waals surface area (Å²) in [4.78, 5) is 4.72. The zero-order valence-corrected chi connectivity index (χ0v) is 38.0. The van der Waals surface area contributed by atoms with Crippen LogP contribution >= 0.6 is 0 Å². The normalized spacial score (nSPS) is 12.7. The van der Waals surface area contributed by atoms with E-state index in [0.29, 0.717) is 0 Å². The second-order valence-corrected chi connectivity index (χ2v) is 18.6. The second-order valence-electron chi connectivity index (χ2n) is 18.6. The summed E-state index contributed by atoms with van der Waals surface area (Å²) < 4.78 is 2.44. The molecule has 0 bridgehead atoms. The van der Waals surface area contributed by atoms with Gasteiger partial charge in [-0.3, -0.25) is 0 Å². The summed E-state index contributed by atoms with van der Waals surface area (Å²) in [5, 5.41) is 5.19. The quantitative estimate of drug-likeness (QED) is 0.134. The standard InChI is InChI=1S/C65H47N3/c1-65(2)59-41-47(49-40-48-27-26-46-18-15-25-61-63(46)64(48)62(42-49)68(61)52-23-13-6-14-24-52)30-38-57(59)58-39-37-56(43-60(58)65)67(53-31-28-45(29-32-53)44-16-7-3-8-17-44)55-35-33-54(34-36-55)66(50-19-9-4-10-20-50)51-21-11-5-12-22-51/h3-43H,1-2H3. The van der Waals surface area contributed by atoms with Crippen molar-refractivity contribution in [3.8, 4) is 39.1 Å². The number of rotatable bonds is 9. The number of aromatic nitrogens is 1. The first-order chi connectivity index (χ1) is 33.5. The first-order valence-electron chi connectivity index (χ1n) is 23.6. The van der Waals surface area contributed by atoms with Gasteiger partial charge in [-0.1, -0.05) is 153 Å². The summed E-state index contributed by atoms with van der Waals surface area (Å²) in [5.41, 5.74) is 20.2. The van der Waals surface area contributed by atoms with Crippen LogP contribution in [-0.4, -0.2) is 4.57 Å². The molecule has 0 aliphatic heterocycles. The highest BCUT2D eigenvalue weighted by atomic mass is 15.2. The minimum Gasteiger partial charge on any atom is -0.311 e. The third-order valence-electron chi connectivity index (χ3n) is 14.3. The summed E-state index contributed by atoms with van der Waals surface area (Å²) in [7, 11) is 0. The monoisotopic (exact) mass is 869 g/mol. The molecule has 1 heterocycles. The Hall–Kier alpha value is -8.66. The van der Waals surface area contributed by atoms with Gasteiger partial charge in [-0.15, -0.1) is 0 Å². The fraction of sp³-hybridized carbons (Fsp3) is 0.0462. The van der Waals surface area contributed by atoms with E-state index in [9.17, 15) is 0 Å².